The number of rotatable bonds is 7. The van der Waals surface area contributed by atoms with Gasteiger partial charge in [0.25, 0.3) is 5.91 Å². The van der Waals surface area contributed by atoms with Crippen LogP contribution < -0.4 is 10.1 Å². The second kappa shape index (κ2) is 9.32. The quantitative estimate of drug-likeness (QED) is 0.350. The Bertz CT molecular complexity index is 1160. The van der Waals surface area contributed by atoms with Gasteiger partial charge in [-0.2, -0.15) is 0 Å². The summed E-state index contributed by atoms with van der Waals surface area (Å²) in [5, 5.41) is 4.97. The van der Waals surface area contributed by atoms with Crippen molar-refractivity contribution in [3.63, 3.8) is 0 Å². The van der Waals surface area contributed by atoms with Gasteiger partial charge >= 0.3 is 5.97 Å². The van der Waals surface area contributed by atoms with Crippen molar-refractivity contribution in [3.05, 3.63) is 89.7 Å². The lowest BCUT2D eigenvalue weighted by Gasteiger charge is -2.09. The zero-order valence-electron chi connectivity index (χ0n) is 16.7. The largest absolute Gasteiger partial charge is 0.462 e. The lowest BCUT2D eigenvalue weighted by molar-refractivity contribution is 0.0529. The van der Waals surface area contributed by atoms with Gasteiger partial charge in [-0.05, 0) is 48.9 Å². The summed E-state index contributed by atoms with van der Waals surface area (Å²) in [6.45, 7) is 1.96. The number of para-hydroxylation sites is 1. The number of esters is 1. The molecule has 4 aromatic rings. The summed E-state index contributed by atoms with van der Waals surface area (Å²) in [5.41, 5.74) is 1.78. The van der Waals surface area contributed by atoms with E-state index in [1.165, 1.54) is 17.6 Å². The Morgan fingerprint density at radius 2 is 1.71 bits per heavy atom. The molecule has 0 aliphatic heterocycles. The predicted octanol–water partition coefficient (Wildman–Crippen LogP) is 6.23. The Kier molecular flexibility index (Phi) is 6.14. The molecular formula is C24H19NO5S. The Morgan fingerprint density at radius 3 is 2.39 bits per heavy atom. The maximum atomic E-state index is 12.7. The third-order valence-electron chi connectivity index (χ3n) is 4.39. The first-order valence-corrected chi connectivity index (χ1v) is 10.5. The number of thiophene rings is 1. The molecule has 156 valence electrons. The van der Waals surface area contributed by atoms with Crippen LogP contribution in [0.5, 0.6) is 11.5 Å². The third kappa shape index (κ3) is 4.67. The molecule has 0 atom stereocenters. The second-order valence-electron chi connectivity index (χ2n) is 6.44. The van der Waals surface area contributed by atoms with Crippen LogP contribution in [0.4, 0.5) is 5.00 Å². The van der Waals surface area contributed by atoms with E-state index in [9.17, 15) is 9.59 Å². The first kappa shape index (κ1) is 20.4. The Hall–Kier alpha value is -3.84. The van der Waals surface area contributed by atoms with Crippen LogP contribution in [-0.4, -0.2) is 18.5 Å². The van der Waals surface area contributed by atoms with Crippen LogP contribution in [0, 0.1) is 0 Å². The number of furan rings is 1. The van der Waals surface area contributed by atoms with Crippen molar-refractivity contribution in [2.45, 2.75) is 6.92 Å². The molecule has 0 fully saturated rings. The molecule has 0 saturated heterocycles. The highest BCUT2D eigenvalue weighted by Gasteiger charge is 2.23. The zero-order valence-corrected chi connectivity index (χ0v) is 17.5. The molecule has 31 heavy (non-hydrogen) atoms. The van der Waals surface area contributed by atoms with E-state index in [2.05, 4.69) is 5.32 Å². The fourth-order valence-electron chi connectivity index (χ4n) is 2.97. The Balaban J connectivity index is 1.62. The summed E-state index contributed by atoms with van der Waals surface area (Å²) in [5.74, 6) is 0.635. The molecule has 0 unspecified atom stereocenters. The number of anilines is 1. The van der Waals surface area contributed by atoms with Crippen molar-refractivity contribution in [1.29, 1.82) is 0 Å². The van der Waals surface area contributed by atoms with Gasteiger partial charge in [-0.1, -0.05) is 30.3 Å². The average molecular weight is 433 g/mol. The van der Waals surface area contributed by atoms with Gasteiger partial charge in [-0.15, -0.1) is 11.3 Å². The average Bonchev–Trinajstić information content (AvgIpc) is 3.46. The summed E-state index contributed by atoms with van der Waals surface area (Å²) in [7, 11) is 0. The van der Waals surface area contributed by atoms with Crippen LogP contribution in [0.15, 0.2) is 82.8 Å². The van der Waals surface area contributed by atoms with Crippen molar-refractivity contribution < 1.29 is 23.5 Å². The zero-order chi connectivity index (χ0) is 21.6. The van der Waals surface area contributed by atoms with Gasteiger partial charge in [0.2, 0.25) is 0 Å². The Labute approximate surface area is 183 Å². The van der Waals surface area contributed by atoms with Crippen molar-refractivity contribution >= 4 is 28.2 Å². The van der Waals surface area contributed by atoms with E-state index >= 15 is 0 Å². The van der Waals surface area contributed by atoms with Crippen LogP contribution in [0.2, 0.25) is 0 Å². The van der Waals surface area contributed by atoms with Crippen molar-refractivity contribution in [2.24, 2.45) is 0 Å². The van der Waals surface area contributed by atoms with Crippen molar-refractivity contribution in [1.82, 2.24) is 0 Å². The van der Waals surface area contributed by atoms with Crippen LogP contribution in [0.1, 0.15) is 27.8 Å². The van der Waals surface area contributed by atoms with Gasteiger partial charge in [0.05, 0.1) is 12.9 Å². The smallest absolute Gasteiger partial charge is 0.341 e. The molecule has 2 heterocycles. The molecule has 7 heteroatoms. The van der Waals surface area contributed by atoms with Crippen LogP contribution in [0.3, 0.4) is 0 Å². The number of hydrogen-bond acceptors (Lipinski definition) is 6. The van der Waals surface area contributed by atoms with Gasteiger partial charge in [-0.3, -0.25) is 4.79 Å². The summed E-state index contributed by atoms with van der Waals surface area (Å²) in [6, 6.07) is 20.0. The normalized spacial score (nSPS) is 10.5. The number of amides is 1. The number of carbonyl (C=O) groups excluding carboxylic acids is 2. The van der Waals surface area contributed by atoms with Gasteiger partial charge < -0.3 is 19.2 Å². The standard InChI is InChI=1S/C24H19NO5S/c1-2-28-24(27)21-19(15-31-23(21)25-22(26)20-9-6-14-29-20)16-10-12-18(13-11-16)30-17-7-4-3-5-8-17/h3-15H,2H2,1H3,(H,25,26). The number of hydrogen-bond donors (Lipinski definition) is 1. The molecule has 0 saturated carbocycles. The maximum Gasteiger partial charge on any atom is 0.341 e. The minimum absolute atomic E-state index is 0.159. The Morgan fingerprint density at radius 1 is 0.968 bits per heavy atom. The first-order chi connectivity index (χ1) is 15.2. The fourth-order valence-corrected chi connectivity index (χ4v) is 3.92. The number of ether oxygens (including phenoxy) is 2. The lowest BCUT2D eigenvalue weighted by Crippen LogP contribution is -2.14. The van der Waals surface area contributed by atoms with E-state index < -0.39 is 11.9 Å². The first-order valence-electron chi connectivity index (χ1n) is 9.62. The summed E-state index contributed by atoms with van der Waals surface area (Å²) in [4.78, 5) is 25.1. The minimum atomic E-state index is -0.502. The highest BCUT2D eigenvalue weighted by Crippen LogP contribution is 2.37. The molecule has 1 amide bonds. The van der Waals surface area contributed by atoms with Gasteiger partial charge in [0.1, 0.15) is 22.1 Å². The second-order valence-corrected chi connectivity index (χ2v) is 7.32. The fraction of sp³-hybridized carbons (Fsp3) is 0.0833. The monoisotopic (exact) mass is 433 g/mol. The molecule has 0 aliphatic carbocycles. The molecule has 0 spiro atoms. The lowest BCUT2D eigenvalue weighted by atomic mass is 10.0. The molecular weight excluding hydrogens is 414 g/mol. The molecule has 0 bridgehead atoms. The third-order valence-corrected chi connectivity index (χ3v) is 5.28. The summed E-state index contributed by atoms with van der Waals surface area (Å²) in [6.07, 6.45) is 1.42. The number of carbonyl (C=O) groups is 2. The number of nitrogens with one attached hydrogen (secondary N) is 1. The molecule has 2 aromatic heterocycles. The van der Waals surface area contributed by atoms with Gasteiger partial charge in [0, 0.05) is 10.9 Å². The molecule has 1 N–H and O–H groups in total. The van der Waals surface area contributed by atoms with E-state index in [1.54, 1.807) is 19.1 Å². The van der Waals surface area contributed by atoms with E-state index in [4.69, 9.17) is 13.9 Å². The minimum Gasteiger partial charge on any atom is -0.462 e. The SMILES string of the molecule is CCOC(=O)c1c(-c2ccc(Oc3ccccc3)cc2)csc1NC(=O)c1ccco1. The van der Waals surface area contributed by atoms with Crippen molar-refractivity contribution in [2.75, 3.05) is 11.9 Å². The number of benzene rings is 2. The van der Waals surface area contributed by atoms with Crippen molar-refractivity contribution in [3.8, 4) is 22.6 Å². The highest BCUT2D eigenvalue weighted by molar-refractivity contribution is 7.15. The van der Waals surface area contributed by atoms with E-state index in [0.29, 0.717) is 21.9 Å². The molecule has 0 radical (unpaired) electrons. The van der Waals surface area contributed by atoms with Gasteiger partial charge in [0.15, 0.2) is 5.76 Å². The molecule has 6 nitrogen and oxygen atoms in total. The topological polar surface area (TPSA) is 77.8 Å². The van der Waals surface area contributed by atoms with E-state index in [0.717, 1.165) is 11.3 Å². The predicted molar refractivity (Wildman–Crippen MR) is 119 cm³/mol. The summed E-state index contributed by atoms with van der Waals surface area (Å²) < 4.78 is 16.2. The van der Waals surface area contributed by atoms with Crippen LogP contribution in [-0.2, 0) is 4.74 Å². The maximum absolute atomic E-state index is 12.7. The highest BCUT2D eigenvalue weighted by atomic mass is 32.1. The summed E-state index contributed by atoms with van der Waals surface area (Å²) >= 11 is 1.25. The van der Waals surface area contributed by atoms with Gasteiger partial charge in [-0.25, -0.2) is 4.79 Å². The van der Waals surface area contributed by atoms with Crippen LogP contribution in [0.25, 0.3) is 11.1 Å². The van der Waals surface area contributed by atoms with E-state index in [1.807, 2.05) is 60.0 Å². The molecule has 0 aliphatic rings. The van der Waals surface area contributed by atoms with Crippen LogP contribution >= 0.6 is 11.3 Å². The molecule has 4 rings (SSSR count). The van der Waals surface area contributed by atoms with E-state index in [-0.39, 0.29) is 12.4 Å². The molecule has 2 aromatic carbocycles.